The summed E-state index contributed by atoms with van der Waals surface area (Å²) in [4.78, 5) is 2.61. The van der Waals surface area contributed by atoms with Crippen LogP contribution >= 0.6 is 0 Å². The first-order valence-corrected chi connectivity index (χ1v) is 19.1. The van der Waals surface area contributed by atoms with Crippen molar-refractivity contribution in [3.63, 3.8) is 0 Å². The van der Waals surface area contributed by atoms with Gasteiger partial charge < -0.3 is 4.90 Å². The van der Waals surface area contributed by atoms with Gasteiger partial charge in [-0.3, -0.25) is 0 Å². The molecule has 0 N–H and O–H groups in total. The molecule has 1 nitrogen and oxygen atoms in total. The Morgan fingerprint density at radius 2 is 1.04 bits per heavy atom. The Kier molecular flexibility index (Phi) is 6.03. The maximum Gasteiger partial charge on any atom is 0.0743 e. The summed E-state index contributed by atoms with van der Waals surface area (Å²) in [5.41, 5.74) is 19.8. The molecule has 0 saturated carbocycles. The predicted octanol–water partition coefficient (Wildman–Crippen LogP) is 13.1. The fourth-order valence-corrected chi connectivity index (χ4v) is 10.7. The van der Waals surface area contributed by atoms with Gasteiger partial charge in [-0.1, -0.05) is 176 Å². The van der Waals surface area contributed by atoms with E-state index in [4.69, 9.17) is 0 Å². The van der Waals surface area contributed by atoms with Crippen molar-refractivity contribution in [1.29, 1.82) is 0 Å². The number of rotatable bonds is 3. The molecule has 4 aliphatic carbocycles. The van der Waals surface area contributed by atoms with Crippen LogP contribution in [0.1, 0.15) is 27.8 Å². The van der Waals surface area contributed by atoms with E-state index < -0.39 is 5.41 Å². The molecule has 1 spiro atoms. The number of anilines is 3. The van der Waals surface area contributed by atoms with Crippen molar-refractivity contribution in [3.05, 3.63) is 240 Å². The number of allylic oxidation sites excluding steroid dienone is 8. The van der Waals surface area contributed by atoms with Gasteiger partial charge in [-0.25, -0.2) is 0 Å². The molecule has 3 atom stereocenters. The van der Waals surface area contributed by atoms with Crippen molar-refractivity contribution in [3.8, 4) is 33.4 Å². The van der Waals surface area contributed by atoms with E-state index in [1.165, 1.54) is 83.7 Å². The van der Waals surface area contributed by atoms with Gasteiger partial charge in [0.25, 0.3) is 0 Å². The molecular formula is C53H35N. The van der Waals surface area contributed by atoms with Crippen molar-refractivity contribution in [2.24, 2.45) is 5.92 Å². The zero-order valence-electron chi connectivity index (χ0n) is 29.7. The van der Waals surface area contributed by atoms with Crippen LogP contribution in [0.4, 0.5) is 17.1 Å². The van der Waals surface area contributed by atoms with Crippen molar-refractivity contribution in [2.75, 3.05) is 4.90 Å². The third-order valence-corrected chi connectivity index (χ3v) is 12.7. The predicted molar refractivity (Wildman–Crippen MR) is 223 cm³/mol. The third kappa shape index (κ3) is 3.73. The number of nitrogens with zero attached hydrogens (tertiary/aromatic N) is 1. The fraction of sp³-hybridized carbons (Fsp3) is 0.0566. The number of para-hydroxylation sites is 1. The Morgan fingerprint density at radius 3 is 1.78 bits per heavy atom. The van der Waals surface area contributed by atoms with Crippen molar-refractivity contribution in [1.82, 2.24) is 0 Å². The highest BCUT2D eigenvalue weighted by molar-refractivity contribution is 6.03. The van der Waals surface area contributed by atoms with Crippen molar-refractivity contribution >= 4 is 22.6 Å². The third-order valence-electron chi connectivity index (χ3n) is 12.7. The number of hydrogen-bond donors (Lipinski definition) is 0. The summed E-state index contributed by atoms with van der Waals surface area (Å²) in [6.07, 6.45) is 14.5. The molecule has 0 radical (unpaired) electrons. The van der Waals surface area contributed by atoms with E-state index in [-0.39, 0.29) is 11.3 Å². The van der Waals surface area contributed by atoms with Gasteiger partial charge in [-0.05, 0) is 97.1 Å². The summed E-state index contributed by atoms with van der Waals surface area (Å²) < 4.78 is 0. The van der Waals surface area contributed by atoms with Gasteiger partial charge in [0.15, 0.2) is 0 Å². The SMILES string of the molecule is C1=CC2C3=C4C=CC2(C=C1)c1ccccc1N(c1cc(-c2ccccc2)cc(-c2ccccc2)c1)c1cccc2c1C4(c1ccccc13)c1ccccc1-2. The van der Waals surface area contributed by atoms with Crippen LogP contribution in [0.5, 0.6) is 0 Å². The van der Waals surface area contributed by atoms with Gasteiger partial charge in [0.1, 0.15) is 0 Å². The van der Waals surface area contributed by atoms with E-state index in [0.29, 0.717) is 0 Å². The first-order valence-electron chi connectivity index (χ1n) is 19.1. The van der Waals surface area contributed by atoms with Gasteiger partial charge in [-0.2, -0.15) is 0 Å². The summed E-state index contributed by atoms with van der Waals surface area (Å²) in [6, 6.07) is 63.5. The number of fused-ring (bicyclic) bond motifs is 4. The van der Waals surface area contributed by atoms with Crippen LogP contribution in [0, 0.1) is 5.92 Å². The molecule has 1 heterocycles. The Labute approximate surface area is 316 Å². The van der Waals surface area contributed by atoms with E-state index in [0.717, 1.165) is 5.69 Å². The van der Waals surface area contributed by atoms with E-state index in [1.54, 1.807) is 0 Å². The molecule has 0 amide bonds. The normalized spacial score (nSPS) is 21.7. The molecule has 0 fully saturated rings. The fourth-order valence-electron chi connectivity index (χ4n) is 10.7. The quantitative estimate of drug-likeness (QED) is 0.179. The lowest BCUT2D eigenvalue weighted by atomic mass is 9.59. The zero-order valence-corrected chi connectivity index (χ0v) is 29.7. The molecule has 252 valence electrons. The van der Waals surface area contributed by atoms with Crippen LogP contribution in [0.15, 0.2) is 212 Å². The van der Waals surface area contributed by atoms with Crippen LogP contribution in [0.25, 0.3) is 39.0 Å². The maximum absolute atomic E-state index is 2.61. The highest BCUT2D eigenvalue weighted by Gasteiger charge is 2.58. The van der Waals surface area contributed by atoms with Crippen molar-refractivity contribution in [2.45, 2.75) is 10.8 Å². The van der Waals surface area contributed by atoms with Crippen LogP contribution in [-0.2, 0) is 10.8 Å². The molecule has 7 aromatic rings. The lowest BCUT2D eigenvalue weighted by molar-refractivity contribution is 0.560. The molecule has 12 rings (SSSR count). The minimum Gasteiger partial charge on any atom is -0.310 e. The summed E-state index contributed by atoms with van der Waals surface area (Å²) >= 11 is 0. The average molecular weight is 686 g/mol. The summed E-state index contributed by atoms with van der Waals surface area (Å²) in [6.45, 7) is 0. The van der Waals surface area contributed by atoms with Gasteiger partial charge in [0, 0.05) is 22.6 Å². The second kappa shape index (κ2) is 10.9. The standard InChI is InChI=1S/C53H35N/c1-3-16-35(17-4-1)37-32-38(36-18-5-2-6-19-36)34-39(33-37)54-48-27-12-11-25-45(48)52-30-14-13-26-46(52)50-42-21-8-10-24-44(42)53(47(50)29-31-52)43-23-9-7-20-40(43)41-22-15-28-49(54)51(41)53/h1-34,46H. The Bertz CT molecular complexity index is 2780. The van der Waals surface area contributed by atoms with Gasteiger partial charge in [-0.15, -0.1) is 0 Å². The van der Waals surface area contributed by atoms with E-state index in [2.05, 4.69) is 211 Å². The molecule has 54 heavy (non-hydrogen) atoms. The smallest absolute Gasteiger partial charge is 0.0743 e. The Morgan fingerprint density at radius 1 is 0.444 bits per heavy atom. The topological polar surface area (TPSA) is 3.24 Å². The molecular weight excluding hydrogens is 651 g/mol. The Balaban J connectivity index is 1.27. The largest absolute Gasteiger partial charge is 0.310 e. The summed E-state index contributed by atoms with van der Waals surface area (Å²) in [5.74, 6) is 0.128. The van der Waals surface area contributed by atoms with Crippen LogP contribution in [0.3, 0.4) is 0 Å². The number of hydrogen-bond acceptors (Lipinski definition) is 1. The molecule has 3 unspecified atom stereocenters. The average Bonchev–Trinajstić information content (AvgIpc) is 3.72. The molecule has 1 heteroatoms. The zero-order chi connectivity index (χ0) is 35.4. The van der Waals surface area contributed by atoms with E-state index >= 15 is 0 Å². The van der Waals surface area contributed by atoms with Crippen LogP contribution < -0.4 is 4.90 Å². The minimum atomic E-state index is -0.476. The van der Waals surface area contributed by atoms with E-state index in [1.807, 2.05) is 0 Å². The first kappa shape index (κ1) is 29.8. The number of benzene rings is 7. The molecule has 0 aromatic heterocycles. The monoisotopic (exact) mass is 685 g/mol. The minimum absolute atomic E-state index is 0.128. The highest BCUT2D eigenvalue weighted by atomic mass is 15.2. The second-order valence-corrected chi connectivity index (χ2v) is 15.2. The first-order chi connectivity index (χ1) is 26.8. The lowest BCUT2D eigenvalue weighted by Gasteiger charge is -2.46. The molecule has 7 aromatic carbocycles. The Hall–Kier alpha value is -6.70. The molecule has 5 aliphatic rings. The lowest BCUT2D eigenvalue weighted by Crippen LogP contribution is -2.38. The van der Waals surface area contributed by atoms with Gasteiger partial charge in [0.2, 0.25) is 0 Å². The maximum atomic E-state index is 2.61. The van der Waals surface area contributed by atoms with Crippen LogP contribution in [0.2, 0.25) is 0 Å². The van der Waals surface area contributed by atoms with Crippen molar-refractivity contribution < 1.29 is 0 Å². The van der Waals surface area contributed by atoms with Gasteiger partial charge >= 0.3 is 0 Å². The molecule has 0 saturated heterocycles. The van der Waals surface area contributed by atoms with Crippen LogP contribution in [-0.4, -0.2) is 0 Å². The summed E-state index contributed by atoms with van der Waals surface area (Å²) in [5, 5.41) is 0. The van der Waals surface area contributed by atoms with E-state index in [9.17, 15) is 0 Å². The molecule has 1 aliphatic heterocycles. The summed E-state index contributed by atoms with van der Waals surface area (Å²) in [7, 11) is 0. The highest BCUT2D eigenvalue weighted by Crippen LogP contribution is 2.69. The molecule has 4 bridgehead atoms. The van der Waals surface area contributed by atoms with Gasteiger partial charge in [0.05, 0.1) is 16.8 Å². The second-order valence-electron chi connectivity index (χ2n) is 15.2.